The number of nitrogens with one attached hydrogen (secondary N) is 1. The van der Waals surface area contributed by atoms with Crippen LogP contribution in [-0.4, -0.2) is 40.0 Å². The van der Waals surface area contributed by atoms with Crippen molar-refractivity contribution in [2.75, 3.05) is 13.1 Å². The number of carbonyl (C=O) groups is 1. The van der Waals surface area contributed by atoms with E-state index in [1.165, 1.54) is 0 Å². The minimum atomic E-state index is -0.634. The van der Waals surface area contributed by atoms with E-state index in [0.717, 1.165) is 0 Å². The van der Waals surface area contributed by atoms with E-state index in [4.69, 9.17) is 11.5 Å². The molecule has 0 aromatic carbocycles. The molecule has 0 fully saturated rings. The van der Waals surface area contributed by atoms with E-state index in [0.29, 0.717) is 19.6 Å². The SMILES string of the molecule is NC(=O)C(N)CNCCn1ccnn1. The van der Waals surface area contributed by atoms with Crippen molar-refractivity contribution < 1.29 is 4.79 Å². The summed E-state index contributed by atoms with van der Waals surface area (Å²) in [5, 5.41) is 10.4. The van der Waals surface area contributed by atoms with Crippen molar-refractivity contribution in [1.82, 2.24) is 20.3 Å². The van der Waals surface area contributed by atoms with Crippen LogP contribution in [0, 0.1) is 0 Å². The fraction of sp³-hybridized carbons (Fsp3) is 0.571. The van der Waals surface area contributed by atoms with Gasteiger partial charge in [0.1, 0.15) is 0 Å². The summed E-state index contributed by atoms with van der Waals surface area (Å²) in [5.74, 6) is -0.502. The van der Waals surface area contributed by atoms with Crippen LogP contribution < -0.4 is 16.8 Å². The van der Waals surface area contributed by atoms with Gasteiger partial charge in [-0.1, -0.05) is 5.21 Å². The number of hydrogen-bond donors (Lipinski definition) is 3. The number of carbonyl (C=O) groups excluding carboxylic acids is 1. The molecule has 7 heteroatoms. The topological polar surface area (TPSA) is 112 Å². The molecule has 0 aliphatic carbocycles. The molecule has 1 unspecified atom stereocenters. The van der Waals surface area contributed by atoms with Gasteiger partial charge in [0.2, 0.25) is 5.91 Å². The molecule has 0 spiro atoms. The number of nitrogens with two attached hydrogens (primary N) is 2. The summed E-state index contributed by atoms with van der Waals surface area (Å²) >= 11 is 0. The minimum Gasteiger partial charge on any atom is -0.368 e. The Morgan fingerprint density at radius 2 is 2.43 bits per heavy atom. The summed E-state index contributed by atoms with van der Waals surface area (Å²) in [4.78, 5) is 10.6. The first-order valence-electron chi connectivity index (χ1n) is 4.30. The summed E-state index contributed by atoms with van der Waals surface area (Å²) in [7, 11) is 0. The highest BCUT2D eigenvalue weighted by Gasteiger charge is 2.07. The molecule has 78 valence electrons. The van der Waals surface area contributed by atoms with E-state index in [2.05, 4.69) is 15.6 Å². The van der Waals surface area contributed by atoms with Crippen molar-refractivity contribution in [1.29, 1.82) is 0 Å². The monoisotopic (exact) mass is 198 g/mol. The maximum atomic E-state index is 10.6. The molecule has 0 bridgehead atoms. The van der Waals surface area contributed by atoms with Crippen LogP contribution in [-0.2, 0) is 11.3 Å². The highest BCUT2D eigenvalue weighted by Crippen LogP contribution is 1.79. The maximum absolute atomic E-state index is 10.6. The summed E-state index contributed by atoms with van der Waals surface area (Å²) in [6.45, 7) is 1.74. The van der Waals surface area contributed by atoms with E-state index >= 15 is 0 Å². The van der Waals surface area contributed by atoms with E-state index in [1.54, 1.807) is 17.1 Å². The summed E-state index contributed by atoms with van der Waals surface area (Å²) < 4.78 is 1.68. The fourth-order valence-corrected chi connectivity index (χ4v) is 0.904. The second kappa shape index (κ2) is 5.30. The number of aromatic nitrogens is 3. The van der Waals surface area contributed by atoms with Crippen LogP contribution >= 0.6 is 0 Å². The van der Waals surface area contributed by atoms with Gasteiger partial charge in [0.15, 0.2) is 0 Å². The lowest BCUT2D eigenvalue weighted by Crippen LogP contribution is -2.44. The first kappa shape index (κ1) is 10.6. The lowest BCUT2D eigenvalue weighted by atomic mass is 10.3. The largest absolute Gasteiger partial charge is 0.368 e. The lowest BCUT2D eigenvalue weighted by molar-refractivity contribution is -0.119. The van der Waals surface area contributed by atoms with Crippen molar-refractivity contribution in [3.05, 3.63) is 12.4 Å². The third-order valence-corrected chi connectivity index (χ3v) is 1.72. The lowest BCUT2D eigenvalue weighted by Gasteiger charge is -2.08. The molecule has 1 rings (SSSR count). The van der Waals surface area contributed by atoms with Crippen molar-refractivity contribution >= 4 is 5.91 Å². The summed E-state index contributed by atoms with van der Waals surface area (Å²) in [6.07, 6.45) is 3.37. The maximum Gasteiger partial charge on any atom is 0.235 e. The van der Waals surface area contributed by atoms with Crippen molar-refractivity contribution in [2.24, 2.45) is 11.5 Å². The molecule has 1 atom stereocenters. The Balaban J connectivity index is 2.08. The van der Waals surface area contributed by atoms with Crippen molar-refractivity contribution in [3.8, 4) is 0 Å². The van der Waals surface area contributed by atoms with Gasteiger partial charge in [-0.05, 0) is 0 Å². The Kier molecular flexibility index (Phi) is 4.02. The van der Waals surface area contributed by atoms with E-state index in [9.17, 15) is 4.79 Å². The zero-order valence-electron chi connectivity index (χ0n) is 7.76. The van der Waals surface area contributed by atoms with Crippen molar-refractivity contribution in [3.63, 3.8) is 0 Å². The number of nitrogens with zero attached hydrogens (tertiary/aromatic N) is 3. The van der Waals surface area contributed by atoms with Crippen LogP contribution in [0.3, 0.4) is 0 Å². The first-order chi connectivity index (χ1) is 6.70. The Morgan fingerprint density at radius 1 is 1.64 bits per heavy atom. The van der Waals surface area contributed by atoms with Crippen LogP contribution in [0.2, 0.25) is 0 Å². The molecule has 1 aromatic heterocycles. The molecule has 0 saturated heterocycles. The Labute approximate surface area is 81.4 Å². The Hall–Kier alpha value is -1.47. The van der Waals surface area contributed by atoms with Gasteiger partial charge < -0.3 is 16.8 Å². The average molecular weight is 198 g/mol. The third-order valence-electron chi connectivity index (χ3n) is 1.72. The van der Waals surface area contributed by atoms with E-state index in [-0.39, 0.29) is 0 Å². The first-order valence-corrected chi connectivity index (χ1v) is 4.30. The molecule has 1 heterocycles. The van der Waals surface area contributed by atoms with Crippen molar-refractivity contribution in [2.45, 2.75) is 12.6 Å². The zero-order chi connectivity index (χ0) is 10.4. The number of primary amides is 1. The predicted molar refractivity (Wildman–Crippen MR) is 50.1 cm³/mol. The van der Waals surface area contributed by atoms with Gasteiger partial charge in [-0.25, -0.2) is 0 Å². The summed E-state index contributed by atoms with van der Waals surface area (Å²) in [6, 6.07) is -0.634. The number of amides is 1. The Bertz CT molecular complexity index is 272. The highest BCUT2D eigenvalue weighted by molar-refractivity contribution is 5.79. The van der Waals surface area contributed by atoms with Crippen LogP contribution in [0.15, 0.2) is 12.4 Å². The Morgan fingerprint density at radius 3 is 3.00 bits per heavy atom. The smallest absolute Gasteiger partial charge is 0.235 e. The molecule has 7 nitrogen and oxygen atoms in total. The van der Waals surface area contributed by atoms with Gasteiger partial charge >= 0.3 is 0 Å². The molecule has 0 saturated carbocycles. The summed E-state index contributed by atoms with van der Waals surface area (Å²) in [5.41, 5.74) is 10.4. The quantitative estimate of drug-likeness (QED) is 0.444. The second-order valence-corrected chi connectivity index (χ2v) is 2.88. The number of rotatable bonds is 6. The molecule has 0 aliphatic rings. The second-order valence-electron chi connectivity index (χ2n) is 2.88. The highest BCUT2D eigenvalue weighted by atomic mass is 16.1. The van der Waals surface area contributed by atoms with Gasteiger partial charge in [-0.15, -0.1) is 5.10 Å². The van der Waals surface area contributed by atoms with Gasteiger partial charge in [-0.3, -0.25) is 9.48 Å². The van der Waals surface area contributed by atoms with Crippen LogP contribution in [0.4, 0.5) is 0 Å². The molecule has 0 aliphatic heterocycles. The third kappa shape index (κ3) is 3.50. The van der Waals surface area contributed by atoms with Gasteiger partial charge in [0.05, 0.1) is 18.8 Å². The van der Waals surface area contributed by atoms with E-state index < -0.39 is 11.9 Å². The van der Waals surface area contributed by atoms with Gasteiger partial charge in [-0.2, -0.15) is 0 Å². The molecular formula is C7H14N6O. The van der Waals surface area contributed by atoms with Gasteiger partial charge in [0, 0.05) is 19.3 Å². The van der Waals surface area contributed by atoms with Crippen LogP contribution in [0.5, 0.6) is 0 Å². The standard InChI is InChI=1S/C7H14N6O/c8-6(7(9)14)5-10-1-3-13-4-2-11-12-13/h2,4,6,10H,1,3,5,8H2,(H2,9,14). The molecule has 1 amide bonds. The normalized spacial score (nSPS) is 12.6. The zero-order valence-corrected chi connectivity index (χ0v) is 7.76. The average Bonchev–Trinajstić information content (AvgIpc) is 2.64. The molecular weight excluding hydrogens is 184 g/mol. The van der Waals surface area contributed by atoms with Gasteiger partial charge in [0.25, 0.3) is 0 Å². The predicted octanol–water partition coefficient (Wildman–Crippen LogP) is -2.32. The number of hydrogen-bond acceptors (Lipinski definition) is 5. The molecule has 1 aromatic rings. The molecule has 5 N–H and O–H groups in total. The molecule has 0 radical (unpaired) electrons. The fourth-order valence-electron chi connectivity index (χ4n) is 0.904. The van der Waals surface area contributed by atoms with E-state index in [1.807, 2.05) is 0 Å². The van der Waals surface area contributed by atoms with Crippen LogP contribution in [0.25, 0.3) is 0 Å². The minimum absolute atomic E-state index is 0.379. The molecule has 14 heavy (non-hydrogen) atoms. The van der Waals surface area contributed by atoms with Crippen LogP contribution in [0.1, 0.15) is 0 Å².